The van der Waals surface area contributed by atoms with Crippen LogP contribution in [0.4, 0.5) is 0 Å². The standard InChI is InChI=1S/C17H24N2O/c1-13-5-2-3-6-15(13)17(20)19-12-4-7-16(19)14-8-10-18-11-9-14/h2-3,5-6,14,16,18H,4,7-12H2,1H3. The first kappa shape index (κ1) is 13.6. The van der Waals surface area contributed by atoms with Gasteiger partial charge < -0.3 is 10.2 Å². The number of benzene rings is 1. The molecule has 0 aliphatic carbocycles. The van der Waals surface area contributed by atoms with Crippen molar-refractivity contribution in [3.8, 4) is 0 Å². The fraction of sp³-hybridized carbons (Fsp3) is 0.588. The molecular formula is C17H24N2O. The van der Waals surface area contributed by atoms with Gasteiger partial charge in [-0.1, -0.05) is 18.2 Å². The van der Waals surface area contributed by atoms with Gasteiger partial charge in [0.1, 0.15) is 0 Å². The highest BCUT2D eigenvalue weighted by molar-refractivity contribution is 5.96. The lowest BCUT2D eigenvalue weighted by molar-refractivity contribution is 0.0665. The van der Waals surface area contributed by atoms with Crippen molar-refractivity contribution in [1.29, 1.82) is 0 Å². The second kappa shape index (κ2) is 5.96. The van der Waals surface area contributed by atoms with Crippen LogP contribution in [0, 0.1) is 12.8 Å². The van der Waals surface area contributed by atoms with Crippen LogP contribution in [0.3, 0.4) is 0 Å². The molecule has 1 atom stereocenters. The van der Waals surface area contributed by atoms with Crippen LogP contribution in [-0.2, 0) is 0 Å². The van der Waals surface area contributed by atoms with Crippen molar-refractivity contribution in [2.75, 3.05) is 19.6 Å². The van der Waals surface area contributed by atoms with E-state index in [2.05, 4.69) is 10.2 Å². The number of aryl methyl sites for hydroxylation is 1. The number of likely N-dealkylation sites (tertiary alicyclic amines) is 1. The number of rotatable bonds is 2. The summed E-state index contributed by atoms with van der Waals surface area (Å²) >= 11 is 0. The summed E-state index contributed by atoms with van der Waals surface area (Å²) < 4.78 is 0. The molecule has 0 bridgehead atoms. The predicted molar refractivity (Wildman–Crippen MR) is 80.8 cm³/mol. The second-order valence-corrected chi connectivity index (χ2v) is 6.11. The molecule has 2 saturated heterocycles. The van der Waals surface area contributed by atoms with Gasteiger partial charge in [-0.25, -0.2) is 0 Å². The van der Waals surface area contributed by atoms with Crippen LogP contribution in [-0.4, -0.2) is 36.5 Å². The largest absolute Gasteiger partial charge is 0.335 e. The minimum absolute atomic E-state index is 0.240. The third-order valence-electron chi connectivity index (χ3n) is 4.86. The molecule has 3 nitrogen and oxygen atoms in total. The fourth-order valence-electron chi connectivity index (χ4n) is 3.73. The van der Waals surface area contributed by atoms with Gasteiger partial charge in [0, 0.05) is 18.2 Å². The molecule has 1 amide bonds. The van der Waals surface area contributed by atoms with Crippen LogP contribution in [0.25, 0.3) is 0 Å². The van der Waals surface area contributed by atoms with Gasteiger partial charge >= 0.3 is 0 Å². The van der Waals surface area contributed by atoms with Crippen LogP contribution in [0.1, 0.15) is 41.6 Å². The summed E-state index contributed by atoms with van der Waals surface area (Å²) in [5.74, 6) is 0.927. The van der Waals surface area contributed by atoms with Crippen molar-refractivity contribution >= 4 is 5.91 Å². The summed E-state index contributed by atoms with van der Waals surface area (Å²) in [5, 5.41) is 3.42. The van der Waals surface area contributed by atoms with Crippen LogP contribution < -0.4 is 5.32 Å². The summed E-state index contributed by atoms with van der Waals surface area (Å²) in [6, 6.07) is 8.43. The third-order valence-corrected chi connectivity index (χ3v) is 4.86. The highest BCUT2D eigenvalue weighted by Crippen LogP contribution is 2.31. The molecule has 108 valence electrons. The molecule has 2 heterocycles. The molecule has 0 spiro atoms. The fourth-order valence-corrected chi connectivity index (χ4v) is 3.73. The molecule has 2 aliphatic heterocycles. The molecule has 3 heteroatoms. The van der Waals surface area contributed by atoms with E-state index < -0.39 is 0 Å². The minimum Gasteiger partial charge on any atom is -0.335 e. The van der Waals surface area contributed by atoms with Crippen molar-refractivity contribution in [3.63, 3.8) is 0 Å². The number of hydrogen-bond acceptors (Lipinski definition) is 2. The third kappa shape index (κ3) is 2.59. The summed E-state index contributed by atoms with van der Waals surface area (Å²) in [7, 11) is 0. The van der Waals surface area contributed by atoms with Gasteiger partial charge in [0.25, 0.3) is 5.91 Å². The lowest BCUT2D eigenvalue weighted by Gasteiger charge is -2.34. The lowest BCUT2D eigenvalue weighted by Crippen LogP contribution is -2.44. The molecule has 20 heavy (non-hydrogen) atoms. The molecule has 0 saturated carbocycles. The maximum atomic E-state index is 12.8. The smallest absolute Gasteiger partial charge is 0.254 e. The Labute approximate surface area is 121 Å². The van der Waals surface area contributed by atoms with Crippen molar-refractivity contribution in [1.82, 2.24) is 10.2 Å². The van der Waals surface area contributed by atoms with Crippen molar-refractivity contribution in [2.45, 2.75) is 38.6 Å². The number of nitrogens with zero attached hydrogens (tertiary/aromatic N) is 1. The Balaban J connectivity index is 1.78. The molecule has 1 unspecified atom stereocenters. The highest BCUT2D eigenvalue weighted by atomic mass is 16.2. The van der Waals surface area contributed by atoms with E-state index in [1.54, 1.807) is 0 Å². The van der Waals surface area contributed by atoms with Crippen molar-refractivity contribution in [2.24, 2.45) is 5.92 Å². The number of hydrogen-bond donors (Lipinski definition) is 1. The van der Waals surface area contributed by atoms with Gasteiger partial charge in [0.2, 0.25) is 0 Å². The Hall–Kier alpha value is -1.35. The summed E-state index contributed by atoms with van der Waals surface area (Å²) in [5.41, 5.74) is 1.97. The monoisotopic (exact) mass is 272 g/mol. The van der Waals surface area contributed by atoms with Crippen LogP contribution in [0.5, 0.6) is 0 Å². The molecule has 1 aromatic rings. The van der Waals surface area contributed by atoms with E-state index in [1.807, 2.05) is 31.2 Å². The molecule has 0 aromatic heterocycles. The summed E-state index contributed by atoms with van der Waals surface area (Å²) in [6.45, 7) is 5.17. The molecule has 3 rings (SSSR count). The van der Waals surface area contributed by atoms with Crippen molar-refractivity contribution < 1.29 is 4.79 Å². The maximum absolute atomic E-state index is 12.8. The Morgan fingerprint density at radius 3 is 2.70 bits per heavy atom. The van der Waals surface area contributed by atoms with E-state index in [-0.39, 0.29) is 5.91 Å². The average molecular weight is 272 g/mol. The first-order chi connectivity index (χ1) is 9.77. The number of piperidine rings is 1. The van der Waals surface area contributed by atoms with E-state index in [4.69, 9.17) is 0 Å². The van der Waals surface area contributed by atoms with E-state index in [0.717, 1.165) is 37.2 Å². The van der Waals surface area contributed by atoms with Crippen LogP contribution >= 0.6 is 0 Å². The van der Waals surface area contributed by atoms with E-state index in [1.165, 1.54) is 19.3 Å². The first-order valence-corrected chi connectivity index (χ1v) is 7.84. The zero-order valence-corrected chi connectivity index (χ0v) is 12.3. The quantitative estimate of drug-likeness (QED) is 0.897. The van der Waals surface area contributed by atoms with E-state index >= 15 is 0 Å². The number of nitrogens with one attached hydrogen (secondary N) is 1. The van der Waals surface area contributed by atoms with Gasteiger partial charge in [-0.05, 0) is 63.2 Å². The molecule has 2 aliphatic rings. The predicted octanol–water partition coefficient (Wildman–Crippen LogP) is 2.60. The SMILES string of the molecule is Cc1ccccc1C(=O)N1CCCC1C1CCNCC1. The van der Waals surface area contributed by atoms with Gasteiger partial charge in [0.05, 0.1) is 0 Å². The Kier molecular flexibility index (Phi) is 4.06. The average Bonchev–Trinajstić information content (AvgIpc) is 2.97. The van der Waals surface area contributed by atoms with Crippen LogP contribution in [0.2, 0.25) is 0 Å². The molecule has 2 fully saturated rings. The van der Waals surface area contributed by atoms with Gasteiger partial charge in [0.15, 0.2) is 0 Å². The Bertz CT molecular complexity index is 480. The zero-order chi connectivity index (χ0) is 13.9. The Morgan fingerprint density at radius 1 is 1.20 bits per heavy atom. The molecule has 0 radical (unpaired) electrons. The zero-order valence-electron chi connectivity index (χ0n) is 12.3. The van der Waals surface area contributed by atoms with Gasteiger partial charge in [-0.2, -0.15) is 0 Å². The number of carbonyl (C=O) groups excluding carboxylic acids is 1. The number of amides is 1. The highest BCUT2D eigenvalue weighted by Gasteiger charge is 2.35. The van der Waals surface area contributed by atoms with Crippen molar-refractivity contribution in [3.05, 3.63) is 35.4 Å². The Morgan fingerprint density at radius 2 is 1.95 bits per heavy atom. The number of carbonyl (C=O) groups is 1. The summed E-state index contributed by atoms with van der Waals surface area (Å²) in [4.78, 5) is 15.0. The topological polar surface area (TPSA) is 32.3 Å². The summed E-state index contributed by atoms with van der Waals surface area (Å²) in [6.07, 6.45) is 4.76. The van der Waals surface area contributed by atoms with E-state index in [0.29, 0.717) is 12.0 Å². The molecular weight excluding hydrogens is 248 g/mol. The van der Waals surface area contributed by atoms with E-state index in [9.17, 15) is 4.79 Å². The molecule has 1 aromatic carbocycles. The first-order valence-electron chi connectivity index (χ1n) is 7.84. The van der Waals surface area contributed by atoms with Crippen LogP contribution in [0.15, 0.2) is 24.3 Å². The molecule has 1 N–H and O–H groups in total. The minimum atomic E-state index is 0.240. The lowest BCUT2D eigenvalue weighted by atomic mass is 9.88. The van der Waals surface area contributed by atoms with Gasteiger partial charge in [-0.3, -0.25) is 4.79 Å². The maximum Gasteiger partial charge on any atom is 0.254 e. The normalized spacial score (nSPS) is 24.1. The van der Waals surface area contributed by atoms with Gasteiger partial charge in [-0.15, -0.1) is 0 Å². The second-order valence-electron chi connectivity index (χ2n) is 6.11.